The maximum atomic E-state index is 13.3. The number of carbonyl (C=O) groups is 1. The Labute approximate surface area is 208 Å². The number of carboxylic acid groups (broad SMARTS) is 1. The van der Waals surface area contributed by atoms with Gasteiger partial charge in [0.15, 0.2) is 5.60 Å². The Morgan fingerprint density at radius 2 is 1.49 bits per heavy atom. The molecule has 0 heterocycles. The molecular formula is C28H33NO5S. The molecule has 0 amide bonds. The molecule has 7 heteroatoms. The van der Waals surface area contributed by atoms with Gasteiger partial charge in [-0.25, -0.2) is 13.2 Å². The van der Waals surface area contributed by atoms with Gasteiger partial charge in [0.25, 0.3) is 0 Å². The van der Waals surface area contributed by atoms with Crippen molar-refractivity contribution in [3.63, 3.8) is 0 Å². The zero-order valence-corrected chi connectivity index (χ0v) is 21.3. The summed E-state index contributed by atoms with van der Waals surface area (Å²) >= 11 is 0. The SMILES string of the molecule is CCCN(CCCc1ccc(OC(C)(C)C(=O)O)cc1)S(=O)(=O)c1ccc(-c2ccccc2)cc1. The molecule has 0 aliphatic carbocycles. The molecule has 0 spiro atoms. The topological polar surface area (TPSA) is 83.9 Å². The van der Waals surface area contributed by atoms with E-state index < -0.39 is 21.6 Å². The molecule has 0 atom stereocenters. The summed E-state index contributed by atoms with van der Waals surface area (Å²) in [7, 11) is -3.59. The van der Waals surface area contributed by atoms with Crippen molar-refractivity contribution in [1.29, 1.82) is 0 Å². The number of nitrogens with zero attached hydrogens (tertiary/aromatic N) is 1. The molecule has 3 aromatic rings. The van der Waals surface area contributed by atoms with E-state index in [1.165, 1.54) is 13.8 Å². The van der Waals surface area contributed by atoms with Crippen LogP contribution in [0.5, 0.6) is 5.75 Å². The molecule has 6 nitrogen and oxygen atoms in total. The monoisotopic (exact) mass is 495 g/mol. The van der Waals surface area contributed by atoms with Crippen molar-refractivity contribution in [2.45, 2.75) is 50.5 Å². The fraction of sp³-hybridized carbons (Fsp3) is 0.321. The fourth-order valence-corrected chi connectivity index (χ4v) is 5.29. The Hall–Kier alpha value is -3.16. The van der Waals surface area contributed by atoms with Crippen LogP contribution in [0, 0.1) is 0 Å². The van der Waals surface area contributed by atoms with E-state index in [2.05, 4.69) is 0 Å². The van der Waals surface area contributed by atoms with Crippen LogP contribution in [0.25, 0.3) is 11.1 Å². The molecule has 186 valence electrons. The maximum absolute atomic E-state index is 13.3. The third-order valence-electron chi connectivity index (χ3n) is 5.76. The average molecular weight is 496 g/mol. The highest BCUT2D eigenvalue weighted by Crippen LogP contribution is 2.24. The van der Waals surface area contributed by atoms with Crippen LogP contribution in [0.2, 0.25) is 0 Å². The molecule has 0 fully saturated rings. The first kappa shape index (κ1) is 26.4. The number of hydrogen-bond acceptors (Lipinski definition) is 4. The lowest BCUT2D eigenvalue weighted by Crippen LogP contribution is -2.37. The lowest BCUT2D eigenvalue weighted by Gasteiger charge is -2.22. The van der Waals surface area contributed by atoms with Crippen LogP contribution >= 0.6 is 0 Å². The molecule has 0 aromatic heterocycles. The highest BCUT2D eigenvalue weighted by molar-refractivity contribution is 7.89. The van der Waals surface area contributed by atoms with Gasteiger partial charge in [0.1, 0.15) is 5.75 Å². The molecule has 0 bridgehead atoms. The molecule has 1 N–H and O–H groups in total. The van der Waals surface area contributed by atoms with Crippen molar-refractivity contribution >= 4 is 16.0 Å². The summed E-state index contributed by atoms with van der Waals surface area (Å²) < 4.78 is 33.7. The van der Waals surface area contributed by atoms with Crippen LogP contribution in [0.1, 0.15) is 39.2 Å². The van der Waals surface area contributed by atoms with E-state index in [-0.39, 0.29) is 0 Å². The van der Waals surface area contributed by atoms with E-state index in [4.69, 9.17) is 4.74 Å². The van der Waals surface area contributed by atoms with Crippen LogP contribution in [-0.4, -0.2) is 42.5 Å². The van der Waals surface area contributed by atoms with Crippen LogP contribution in [0.3, 0.4) is 0 Å². The van der Waals surface area contributed by atoms with Gasteiger partial charge in [0, 0.05) is 13.1 Å². The summed E-state index contributed by atoms with van der Waals surface area (Å²) in [5, 5.41) is 9.20. The minimum atomic E-state index is -3.59. The molecule has 0 saturated carbocycles. The molecule has 0 saturated heterocycles. The third-order valence-corrected chi connectivity index (χ3v) is 7.67. The molecule has 35 heavy (non-hydrogen) atoms. The number of aliphatic carboxylic acids is 1. The second kappa shape index (κ2) is 11.5. The van der Waals surface area contributed by atoms with Gasteiger partial charge in [-0.2, -0.15) is 4.31 Å². The van der Waals surface area contributed by atoms with Crippen LogP contribution in [-0.2, 0) is 21.2 Å². The van der Waals surface area contributed by atoms with Crippen LogP contribution in [0.15, 0.2) is 83.8 Å². The Balaban J connectivity index is 1.63. The summed E-state index contributed by atoms with van der Waals surface area (Å²) in [6, 6.07) is 24.2. The smallest absolute Gasteiger partial charge is 0.347 e. The Kier molecular flexibility index (Phi) is 8.70. The highest BCUT2D eigenvalue weighted by atomic mass is 32.2. The zero-order valence-electron chi connectivity index (χ0n) is 20.5. The van der Waals surface area contributed by atoms with Crippen molar-refractivity contribution in [3.05, 3.63) is 84.4 Å². The number of aryl methyl sites for hydroxylation is 1. The van der Waals surface area contributed by atoms with Gasteiger partial charge in [-0.05, 0) is 74.1 Å². The van der Waals surface area contributed by atoms with Crippen molar-refractivity contribution < 1.29 is 23.1 Å². The first-order chi connectivity index (χ1) is 16.6. The minimum Gasteiger partial charge on any atom is -0.478 e. The lowest BCUT2D eigenvalue weighted by molar-refractivity contribution is -0.152. The summed E-state index contributed by atoms with van der Waals surface area (Å²) in [4.78, 5) is 11.5. The fourth-order valence-electron chi connectivity index (χ4n) is 3.72. The van der Waals surface area contributed by atoms with Crippen molar-refractivity contribution in [2.75, 3.05) is 13.1 Å². The van der Waals surface area contributed by atoms with Crippen LogP contribution in [0.4, 0.5) is 0 Å². The second-order valence-corrected chi connectivity index (χ2v) is 10.9. The first-order valence-electron chi connectivity index (χ1n) is 11.8. The van der Waals surface area contributed by atoms with Gasteiger partial charge < -0.3 is 9.84 Å². The largest absolute Gasteiger partial charge is 0.478 e. The van der Waals surface area contributed by atoms with Crippen LogP contribution < -0.4 is 4.74 Å². The average Bonchev–Trinajstić information content (AvgIpc) is 2.85. The predicted octanol–water partition coefficient (Wildman–Crippen LogP) is 5.63. The number of hydrogen-bond donors (Lipinski definition) is 1. The lowest BCUT2D eigenvalue weighted by atomic mass is 10.1. The number of benzene rings is 3. The minimum absolute atomic E-state index is 0.299. The Morgan fingerprint density at radius 1 is 0.886 bits per heavy atom. The second-order valence-electron chi connectivity index (χ2n) is 8.96. The zero-order chi connectivity index (χ0) is 25.5. The van der Waals surface area contributed by atoms with Crippen molar-refractivity contribution in [1.82, 2.24) is 4.31 Å². The van der Waals surface area contributed by atoms with Gasteiger partial charge in [0.2, 0.25) is 10.0 Å². The number of rotatable bonds is 12. The quantitative estimate of drug-likeness (QED) is 0.352. The van der Waals surface area contributed by atoms with E-state index in [0.717, 1.165) is 23.1 Å². The molecule has 0 aliphatic rings. The Morgan fingerprint density at radius 3 is 2.06 bits per heavy atom. The number of carboxylic acids is 1. The highest BCUT2D eigenvalue weighted by Gasteiger charge is 2.29. The van der Waals surface area contributed by atoms with Gasteiger partial charge in [-0.3, -0.25) is 0 Å². The van der Waals surface area contributed by atoms with E-state index in [0.29, 0.717) is 36.6 Å². The van der Waals surface area contributed by atoms with Gasteiger partial charge >= 0.3 is 5.97 Å². The maximum Gasteiger partial charge on any atom is 0.347 e. The number of ether oxygens (including phenoxy) is 1. The Bertz CT molecular complexity index is 1200. The molecule has 0 unspecified atom stereocenters. The van der Waals surface area contributed by atoms with Gasteiger partial charge in [-0.15, -0.1) is 0 Å². The number of sulfonamides is 1. The van der Waals surface area contributed by atoms with Gasteiger partial charge in [-0.1, -0.05) is 61.5 Å². The van der Waals surface area contributed by atoms with E-state index >= 15 is 0 Å². The molecule has 0 radical (unpaired) electrons. The van der Waals surface area contributed by atoms with Crippen molar-refractivity contribution in [3.8, 4) is 16.9 Å². The van der Waals surface area contributed by atoms with E-state index in [1.807, 2.05) is 61.5 Å². The third kappa shape index (κ3) is 6.93. The predicted molar refractivity (Wildman–Crippen MR) is 138 cm³/mol. The molecular weight excluding hydrogens is 462 g/mol. The molecule has 3 aromatic carbocycles. The standard InChI is InChI=1S/C28H33NO5S/c1-4-20-29(21-8-9-22-12-16-25(17-13-22)34-28(2,3)27(30)31)35(32,33)26-18-14-24(15-19-26)23-10-6-5-7-11-23/h5-7,10-19H,4,8-9,20-21H2,1-3H3,(H,30,31). The van der Waals surface area contributed by atoms with E-state index in [1.54, 1.807) is 28.6 Å². The van der Waals surface area contributed by atoms with Gasteiger partial charge in [0.05, 0.1) is 4.90 Å². The van der Waals surface area contributed by atoms with Crippen molar-refractivity contribution in [2.24, 2.45) is 0 Å². The molecule has 3 rings (SSSR count). The summed E-state index contributed by atoms with van der Waals surface area (Å²) in [5.74, 6) is -0.552. The normalized spacial score (nSPS) is 12.0. The first-order valence-corrected chi connectivity index (χ1v) is 13.2. The summed E-state index contributed by atoms with van der Waals surface area (Å²) in [5.41, 5.74) is 1.75. The summed E-state index contributed by atoms with van der Waals surface area (Å²) in [6.45, 7) is 5.85. The molecule has 0 aliphatic heterocycles. The van der Waals surface area contributed by atoms with E-state index in [9.17, 15) is 18.3 Å². The summed E-state index contributed by atoms with van der Waals surface area (Å²) in [6.07, 6.45) is 2.10.